The van der Waals surface area contributed by atoms with Gasteiger partial charge in [0.2, 0.25) is 0 Å². The van der Waals surface area contributed by atoms with Crippen LogP contribution in [0.4, 0.5) is 5.69 Å². The molecule has 1 aliphatic heterocycles. The van der Waals surface area contributed by atoms with E-state index in [1.807, 2.05) is 37.4 Å². The van der Waals surface area contributed by atoms with Crippen LogP contribution in [0.2, 0.25) is 0 Å². The number of nitrogens with one attached hydrogen (secondary N) is 1. The van der Waals surface area contributed by atoms with Crippen molar-refractivity contribution < 1.29 is 0 Å². The van der Waals surface area contributed by atoms with Gasteiger partial charge in [-0.15, -0.1) is 0 Å². The molecule has 16 heavy (non-hydrogen) atoms. The summed E-state index contributed by atoms with van der Waals surface area (Å²) in [7, 11) is 2.03. The van der Waals surface area contributed by atoms with Gasteiger partial charge in [0.1, 0.15) is 0 Å². The largest absolute Gasteiger partial charge is 0.353 e. The van der Waals surface area contributed by atoms with Crippen molar-refractivity contribution in [2.45, 2.75) is 0 Å². The molecule has 0 saturated carbocycles. The van der Waals surface area contributed by atoms with Gasteiger partial charge in [0.15, 0.2) is 10.3 Å². The Morgan fingerprint density at radius 3 is 2.81 bits per heavy atom. The Morgan fingerprint density at radius 2 is 2.19 bits per heavy atom. The molecule has 1 aromatic carbocycles. The maximum Gasteiger partial charge on any atom is 0.199 e. The standard InChI is InChI=1S/C11H13N3S2/c1-14-7-8-16-11(14)13-10(15)12-9-5-3-2-4-6-9/h2-6H,7-8H2,1H3,(H,12,15)/b13-11+. The topological polar surface area (TPSA) is 27.6 Å². The Bertz CT molecular complexity index is 403. The number of hydrogen-bond donors (Lipinski definition) is 1. The fourth-order valence-corrected chi connectivity index (χ4v) is 2.63. The Labute approximate surface area is 105 Å². The average Bonchev–Trinajstić information content (AvgIpc) is 2.66. The van der Waals surface area contributed by atoms with Crippen molar-refractivity contribution in [2.75, 3.05) is 24.7 Å². The van der Waals surface area contributed by atoms with E-state index in [1.54, 1.807) is 11.8 Å². The molecule has 0 radical (unpaired) electrons. The summed E-state index contributed by atoms with van der Waals surface area (Å²) >= 11 is 6.92. The van der Waals surface area contributed by atoms with Gasteiger partial charge in [-0.05, 0) is 24.4 Å². The third kappa shape index (κ3) is 2.96. The molecular formula is C11H13N3S2. The smallest absolute Gasteiger partial charge is 0.199 e. The molecular weight excluding hydrogens is 238 g/mol. The zero-order valence-electron chi connectivity index (χ0n) is 9.01. The Balaban J connectivity index is 1.99. The molecule has 0 bridgehead atoms. The fraction of sp³-hybridized carbons (Fsp3) is 0.273. The van der Waals surface area contributed by atoms with E-state index in [1.165, 1.54) is 0 Å². The highest BCUT2D eigenvalue weighted by atomic mass is 32.2. The number of anilines is 1. The molecule has 0 aliphatic carbocycles. The van der Waals surface area contributed by atoms with E-state index in [2.05, 4.69) is 15.2 Å². The molecule has 1 aliphatic rings. The minimum Gasteiger partial charge on any atom is -0.353 e. The lowest BCUT2D eigenvalue weighted by atomic mass is 10.3. The number of nitrogens with zero attached hydrogens (tertiary/aromatic N) is 2. The number of benzene rings is 1. The van der Waals surface area contributed by atoms with Crippen molar-refractivity contribution >= 4 is 39.9 Å². The highest BCUT2D eigenvalue weighted by Gasteiger charge is 2.15. The molecule has 1 heterocycles. The van der Waals surface area contributed by atoms with Gasteiger partial charge in [-0.3, -0.25) is 0 Å². The van der Waals surface area contributed by atoms with Gasteiger partial charge in [-0.1, -0.05) is 30.0 Å². The summed E-state index contributed by atoms with van der Waals surface area (Å²) in [5.41, 5.74) is 0.975. The number of hydrogen-bond acceptors (Lipinski definition) is 2. The lowest BCUT2D eigenvalue weighted by Gasteiger charge is -2.10. The maximum atomic E-state index is 5.19. The summed E-state index contributed by atoms with van der Waals surface area (Å²) in [4.78, 5) is 6.49. The summed E-state index contributed by atoms with van der Waals surface area (Å²) in [6.45, 7) is 1.04. The first kappa shape index (κ1) is 11.4. The zero-order valence-corrected chi connectivity index (χ0v) is 10.6. The summed E-state index contributed by atoms with van der Waals surface area (Å²) in [5.74, 6) is 1.09. The van der Waals surface area contributed by atoms with Crippen molar-refractivity contribution in [2.24, 2.45) is 4.99 Å². The van der Waals surface area contributed by atoms with Crippen LogP contribution in [0.5, 0.6) is 0 Å². The molecule has 84 valence electrons. The number of thioether (sulfide) groups is 1. The first-order valence-electron chi connectivity index (χ1n) is 5.04. The molecule has 1 N–H and O–H groups in total. The average molecular weight is 251 g/mol. The maximum absolute atomic E-state index is 5.19. The number of amidine groups is 1. The summed E-state index contributed by atoms with van der Waals surface area (Å²) in [5, 5.41) is 4.60. The molecule has 0 unspecified atom stereocenters. The normalized spacial score (nSPS) is 17.8. The second kappa shape index (κ2) is 5.32. The molecule has 0 amide bonds. The third-order valence-corrected chi connectivity index (χ3v) is 3.45. The number of para-hydroxylation sites is 1. The highest BCUT2D eigenvalue weighted by Crippen LogP contribution is 2.16. The molecule has 0 aromatic heterocycles. The van der Waals surface area contributed by atoms with Crippen molar-refractivity contribution in [3.63, 3.8) is 0 Å². The first-order chi connectivity index (χ1) is 7.75. The van der Waals surface area contributed by atoms with E-state index in [0.29, 0.717) is 5.11 Å². The van der Waals surface area contributed by atoms with Gasteiger partial charge in [-0.2, -0.15) is 4.99 Å². The van der Waals surface area contributed by atoms with Crippen LogP contribution in [-0.2, 0) is 0 Å². The first-order valence-corrected chi connectivity index (χ1v) is 6.44. The van der Waals surface area contributed by atoms with E-state index in [4.69, 9.17) is 12.2 Å². The van der Waals surface area contributed by atoms with E-state index in [-0.39, 0.29) is 0 Å². The van der Waals surface area contributed by atoms with Crippen LogP contribution >= 0.6 is 24.0 Å². The van der Waals surface area contributed by atoms with Crippen LogP contribution in [0.3, 0.4) is 0 Å². The third-order valence-electron chi connectivity index (χ3n) is 2.21. The quantitative estimate of drug-likeness (QED) is 0.776. The molecule has 0 spiro atoms. The van der Waals surface area contributed by atoms with Crippen LogP contribution in [0, 0.1) is 0 Å². The highest BCUT2D eigenvalue weighted by molar-refractivity contribution is 8.14. The van der Waals surface area contributed by atoms with E-state index < -0.39 is 0 Å². The molecule has 1 aromatic rings. The van der Waals surface area contributed by atoms with Gasteiger partial charge in [0.25, 0.3) is 0 Å². The van der Waals surface area contributed by atoms with E-state index in [9.17, 15) is 0 Å². The second-order valence-electron chi connectivity index (χ2n) is 3.46. The fourth-order valence-electron chi connectivity index (χ4n) is 1.36. The molecule has 3 nitrogen and oxygen atoms in total. The number of rotatable bonds is 1. The monoisotopic (exact) mass is 251 g/mol. The van der Waals surface area contributed by atoms with Crippen molar-refractivity contribution in [3.05, 3.63) is 30.3 Å². The van der Waals surface area contributed by atoms with E-state index in [0.717, 1.165) is 23.2 Å². The van der Waals surface area contributed by atoms with Gasteiger partial charge < -0.3 is 10.2 Å². The summed E-state index contributed by atoms with van der Waals surface area (Å²) in [6.07, 6.45) is 0. The molecule has 1 fully saturated rings. The number of thiocarbonyl (C=S) groups is 1. The Morgan fingerprint density at radius 1 is 1.44 bits per heavy atom. The SMILES string of the molecule is CN1CCS/C1=N/C(=S)Nc1ccccc1. The Kier molecular flexibility index (Phi) is 3.79. The van der Waals surface area contributed by atoms with Crippen molar-refractivity contribution in [3.8, 4) is 0 Å². The van der Waals surface area contributed by atoms with Gasteiger partial charge in [0.05, 0.1) is 0 Å². The van der Waals surface area contributed by atoms with Crippen LogP contribution in [0.25, 0.3) is 0 Å². The summed E-state index contributed by atoms with van der Waals surface area (Å²) < 4.78 is 0. The van der Waals surface area contributed by atoms with Gasteiger partial charge in [-0.25, -0.2) is 0 Å². The van der Waals surface area contributed by atoms with Crippen LogP contribution in [0.15, 0.2) is 35.3 Å². The molecule has 1 saturated heterocycles. The minimum atomic E-state index is 0.516. The lowest BCUT2D eigenvalue weighted by molar-refractivity contribution is 0.564. The van der Waals surface area contributed by atoms with Crippen LogP contribution in [-0.4, -0.2) is 34.5 Å². The van der Waals surface area contributed by atoms with Gasteiger partial charge >= 0.3 is 0 Å². The van der Waals surface area contributed by atoms with E-state index >= 15 is 0 Å². The van der Waals surface area contributed by atoms with Crippen LogP contribution < -0.4 is 5.32 Å². The minimum absolute atomic E-state index is 0.516. The lowest BCUT2D eigenvalue weighted by Crippen LogP contribution is -2.20. The Hall–Kier alpha value is -1.07. The molecule has 5 heteroatoms. The van der Waals surface area contributed by atoms with Gasteiger partial charge in [0, 0.05) is 25.0 Å². The predicted molar refractivity (Wildman–Crippen MR) is 75.2 cm³/mol. The van der Waals surface area contributed by atoms with Crippen molar-refractivity contribution in [1.82, 2.24) is 4.90 Å². The molecule has 2 rings (SSSR count). The molecule has 0 atom stereocenters. The number of aliphatic imine (C=N–C) groups is 1. The zero-order chi connectivity index (χ0) is 11.4. The van der Waals surface area contributed by atoms with Crippen molar-refractivity contribution in [1.29, 1.82) is 0 Å². The summed E-state index contributed by atoms with van der Waals surface area (Å²) in [6, 6.07) is 9.85. The second-order valence-corrected chi connectivity index (χ2v) is 4.91. The predicted octanol–water partition coefficient (Wildman–Crippen LogP) is 2.42. The van der Waals surface area contributed by atoms with Crippen LogP contribution in [0.1, 0.15) is 0 Å².